The average molecular weight is 373 g/mol. The van der Waals surface area contributed by atoms with Gasteiger partial charge in [0.05, 0.1) is 39.0 Å². The fraction of sp³-hybridized carbons (Fsp3) is 0.450. The lowest BCUT2D eigenvalue weighted by atomic mass is 9.91. The first kappa shape index (κ1) is 16.2. The Balaban J connectivity index is 1.59. The van der Waals surface area contributed by atoms with Crippen molar-refractivity contribution in [3.05, 3.63) is 52.4 Å². The van der Waals surface area contributed by atoms with Crippen LogP contribution in [-0.4, -0.2) is 36.6 Å². The fourth-order valence-corrected chi connectivity index (χ4v) is 4.57. The smallest absolute Gasteiger partial charge is 0.208 e. The number of likely N-dealkylation sites (tertiary alicyclic amines) is 1. The van der Waals surface area contributed by atoms with Crippen LogP contribution in [0.25, 0.3) is 0 Å². The predicted octanol–water partition coefficient (Wildman–Crippen LogP) is 2.79. The van der Waals surface area contributed by atoms with Crippen molar-refractivity contribution in [3.8, 4) is 5.75 Å². The van der Waals surface area contributed by atoms with Gasteiger partial charge in [-0.15, -0.1) is 0 Å². The van der Waals surface area contributed by atoms with Crippen LogP contribution in [0.15, 0.2) is 39.9 Å². The summed E-state index contributed by atoms with van der Waals surface area (Å²) in [5.74, 6) is 2.71. The second kappa shape index (κ2) is 5.76. The van der Waals surface area contributed by atoms with Crippen molar-refractivity contribution in [1.29, 1.82) is 0 Å². The molecule has 0 bridgehead atoms. The summed E-state index contributed by atoms with van der Waals surface area (Å²) in [6, 6.07) is 10.1. The van der Waals surface area contributed by atoms with Gasteiger partial charge in [0, 0.05) is 17.0 Å². The molecule has 26 heavy (non-hydrogen) atoms. The monoisotopic (exact) mass is 372 g/mol. The molecule has 1 spiro atoms. The van der Waals surface area contributed by atoms with Crippen molar-refractivity contribution in [2.45, 2.75) is 38.0 Å². The number of halogens is 1. The van der Waals surface area contributed by atoms with E-state index in [1.807, 2.05) is 37.3 Å². The van der Waals surface area contributed by atoms with Crippen molar-refractivity contribution >= 4 is 17.3 Å². The zero-order chi connectivity index (χ0) is 17.9. The third-order valence-electron chi connectivity index (χ3n) is 5.87. The molecule has 0 amide bonds. The van der Waals surface area contributed by atoms with Gasteiger partial charge in [0.1, 0.15) is 23.0 Å². The van der Waals surface area contributed by atoms with Crippen LogP contribution >= 0.6 is 11.6 Å². The second-order valence-electron chi connectivity index (χ2n) is 7.71. The number of rotatable bonds is 1. The summed E-state index contributed by atoms with van der Waals surface area (Å²) in [4.78, 5) is 1.54. The number of fused-ring (bicyclic) bond motifs is 4. The molecule has 3 aliphatic heterocycles. The molecular formula is C20H23ClN3O2+. The van der Waals surface area contributed by atoms with Crippen molar-refractivity contribution in [2.24, 2.45) is 5.10 Å². The van der Waals surface area contributed by atoms with Crippen LogP contribution in [-0.2, 0) is 0 Å². The van der Waals surface area contributed by atoms with Crippen LogP contribution in [0.2, 0.25) is 5.02 Å². The minimum absolute atomic E-state index is 0.149. The van der Waals surface area contributed by atoms with Gasteiger partial charge in [-0.05, 0) is 37.3 Å². The minimum Gasteiger partial charge on any atom is -0.466 e. The summed E-state index contributed by atoms with van der Waals surface area (Å²) >= 11 is 6.29. The third-order valence-corrected chi connectivity index (χ3v) is 6.10. The number of piperidine rings is 1. The summed E-state index contributed by atoms with van der Waals surface area (Å²) in [6.45, 7) is 4.12. The molecule has 0 unspecified atom stereocenters. The van der Waals surface area contributed by atoms with Crippen molar-refractivity contribution < 1.29 is 14.1 Å². The van der Waals surface area contributed by atoms with Crippen molar-refractivity contribution in [1.82, 2.24) is 5.01 Å². The third kappa shape index (κ3) is 2.45. The highest BCUT2D eigenvalue weighted by Crippen LogP contribution is 2.49. The Morgan fingerprint density at radius 2 is 2.04 bits per heavy atom. The van der Waals surface area contributed by atoms with E-state index >= 15 is 0 Å². The lowest BCUT2D eigenvalue weighted by Crippen LogP contribution is -3.11. The molecule has 1 atom stereocenters. The first-order valence-corrected chi connectivity index (χ1v) is 9.65. The molecule has 5 rings (SSSR count). The molecule has 1 saturated heterocycles. The van der Waals surface area contributed by atoms with Gasteiger partial charge in [-0.25, -0.2) is 5.01 Å². The molecule has 136 valence electrons. The van der Waals surface area contributed by atoms with Gasteiger partial charge in [0.2, 0.25) is 5.72 Å². The van der Waals surface area contributed by atoms with E-state index in [9.17, 15) is 0 Å². The van der Waals surface area contributed by atoms with Gasteiger partial charge >= 0.3 is 0 Å². The molecular weight excluding hydrogens is 350 g/mol. The molecule has 2 aromatic rings. The van der Waals surface area contributed by atoms with Crippen LogP contribution in [0, 0.1) is 6.92 Å². The normalized spacial score (nSPS) is 30.0. The SMILES string of the molecule is Cc1ccc(C2=NN3[C@H](C2)c2cc(Cl)ccc2OC32CC[NH+](C)CC2)o1. The zero-order valence-corrected chi connectivity index (χ0v) is 15.8. The molecule has 0 radical (unpaired) electrons. The highest BCUT2D eigenvalue weighted by Gasteiger charge is 2.52. The standard InChI is InChI=1S/C20H22ClN3O2/c1-13-3-5-19(25-13)16-12-17-15-11-14(21)4-6-18(15)26-20(24(17)22-16)7-9-23(2)10-8-20/h3-6,11,17H,7-10,12H2,1-2H3/p+1/t17-/m1/s1. The van der Waals surface area contributed by atoms with Crippen LogP contribution in [0.3, 0.4) is 0 Å². The number of nitrogens with zero attached hydrogens (tertiary/aromatic N) is 2. The van der Waals surface area contributed by atoms with E-state index < -0.39 is 0 Å². The fourth-order valence-electron chi connectivity index (χ4n) is 4.39. The van der Waals surface area contributed by atoms with Gasteiger partial charge in [0.25, 0.3) is 0 Å². The van der Waals surface area contributed by atoms with E-state index in [0.29, 0.717) is 0 Å². The van der Waals surface area contributed by atoms with Crippen molar-refractivity contribution in [3.63, 3.8) is 0 Å². The number of benzene rings is 1. The maximum Gasteiger partial charge on any atom is 0.208 e. The Bertz CT molecular complexity index is 883. The van der Waals surface area contributed by atoms with E-state index in [-0.39, 0.29) is 11.8 Å². The Hall–Kier alpha value is -1.98. The predicted molar refractivity (Wildman–Crippen MR) is 99.8 cm³/mol. The number of aryl methyl sites for hydroxylation is 1. The van der Waals surface area contributed by atoms with Gasteiger partial charge < -0.3 is 14.1 Å². The summed E-state index contributed by atoms with van der Waals surface area (Å²) in [5.41, 5.74) is 1.75. The average Bonchev–Trinajstić information content (AvgIpc) is 3.25. The van der Waals surface area contributed by atoms with E-state index in [4.69, 9.17) is 25.9 Å². The number of hydrazone groups is 1. The van der Waals surface area contributed by atoms with Crippen LogP contribution in [0.4, 0.5) is 0 Å². The minimum atomic E-state index is -0.367. The molecule has 1 aromatic heterocycles. The number of ether oxygens (including phenoxy) is 1. The summed E-state index contributed by atoms with van der Waals surface area (Å²) in [7, 11) is 2.24. The molecule has 0 aliphatic carbocycles. The first-order chi connectivity index (χ1) is 12.5. The van der Waals surface area contributed by atoms with E-state index in [1.165, 1.54) is 0 Å². The van der Waals surface area contributed by atoms with E-state index in [1.54, 1.807) is 4.90 Å². The Labute approximate surface area is 158 Å². The van der Waals surface area contributed by atoms with Gasteiger partial charge in [-0.1, -0.05) is 11.6 Å². The Morgan fingerprint density at radius 3 is 2.77 bits per heavy atom. The highest BCUT2D eigenvalue weighted by atomic mass is 35.5. The number of hydrogen-bond acceptors (Lipinski definition) is 4. The topological polar surface area (TPSA) is 42.4 Å². The summed E-state index contributed by atoms with van der Waals surface area (Å²) < 4.78 is 12.4. The molecule has 4 heterocycles. The Kier molecular flexibility index (Phi) is 3.59. The lowest BCUT2D eigenvalue weighted by Gasteiger charge is -2.49. The Morgan fingerprint density at radius 1 is 1.23 bits per heavy atom. The van der Waals surface area contributed by atoms with Gasteiger partial charge in [-0.3, -0.25) is 0 Å². The number of hydrogen-bond donors (Lipinski definition) is 1. The maximum atomic E-state index is 6.58. The first-order valence-electron chi connectivity index (χ1n) is 9.27. The zero-order valence-electron chi connectivity index (χ0n) is 15.1. The molecule has 3 aliphatic rings. The molecule has 0 saturated carbocycles. The largest absolute Gasteiger partial charge is 0.466 e. The number of nitrogens with one attached hydrogen (secondary N) is 1. The highest BCUT2D eigenvalue weighted by molar-refractivity contribution is 6.30. The number of furan rings is 1. The summed E-state index contributed by atoms with van der Waals surface area (Å²) in [6.07, 6.45) is 2.74. The molecule has 1 aromatic carbocycles. The molecule has 1 N–H and O–H groups in total. The van der Waals surface area contributed by atoms with Crippen LogP contribution in [0.1, 0.15) is 42.4 Å². The quantitative estimate of drug-likeness (QED) is 0.837. The second-order valence-corrected chi connectivity index (χ2v) is 8.15. The molecule has 6 heteroatoms. The molecule has 1 fully saturated rings. The van der Waals surface area contributed by atoms with Crippen LogP contribution < -0.4 is 9.64 Å². The molecule has 5 nitrogen and oxygen atoms in total. The lowest BCUT2D eigenvalue weighted by molar-refractivity contribution is -0.888. The van der Waals surface area contributed by atoms with Gasteiger partial charge in [0.15, 0.2) is 0 Å². The van der Waals surface area contributed by atoms with Crippen molar-refractivity contribution in [2.75, 3.05) is 20.1 Å². The summed E-state index contributed by atoms with van der Waals surface area (Å²) in [5, 5.41) is 7.94. The van der Waals surface area contributed by atoms with E-state index in [0.717, 1.165) is 65.9 Å². The van der Waals surface area contributed by atoms with Crippen LogP contribution in [0.5, 0.6) is 5.75 Å². The maximum absolute atomic E-state index is 6.58. The number of quaternary nitrogens is 1. The van der Waals surface area contributed by atoms with Gasteiger partial charge in [-0.2, -0.15) is 5.10 Å². The van der Waals surface area contributed by atoms with E-state index in [2.05, 4.69) is 12.1 Å².